The second kappa shape index (κ2) is 7.79. The van der Waals surface area contributed by atoms with Crippen LogP contribution in [-0.2, 0) is 0 Å². The number of aryl methyl sites for hydroxylation is 2. The molecule has 0 unspecified atom stereocenters. The van der Waals surface area contributed by atoms with Crippen molar-refractivity contribution in [1.29, 1.82) is 0 Å². The van der Waals surface area contributed by atoms with Crippen molar-refractivity contribution in [2.24, 2.45) is 0 Å². The van der Waals surface area contributed by atoms with E-state index in [1.807, 2.05) is 13.8 Å². The number of nitrogens with zero attached hydrogens (tertiary/aromatic N) is 4. The van der Waals surface area contributed by atoms with Crippen LogP contribution in [0.1, 0.15) is 11.4 Å². The topological polar surface area (TPSA) is 101 Å². The van der Waals surface area contributed by atoms with E-state index >= 15 is 0 Å². The van der Waals surface area contributed by atoms with Crippen LogP contribution in [0.4, 0.5) is 0 Å². The lowest BCUT2D eigenvalue weighted by atomic mass is 10.3. The number of aromatic nitrogens is 4. The Morgan fingerprint density at radius 2 is 1.50 bits per heavy atom. The first-order valence-corrected chi connectivity index (χ1v) is 9.19. The molecule has 0 aliphatic heterocycles. The third-order valence-corrected chi connectivity index (χ3v) is 5.34. The standard InChI is InChI=1S/C17H16N4O3S2/c1-9-4-6-18-16(20-9)25-12-8-11(22)13(23)14(24-3)15(12)26-17-19-7-5-10(2)21-17/h4-8,22-23H,1-3H3. The lowest BCUT2D eigenvalue weighted by Gasteiger charge is -2.15. The highest BCUT2D eigenvalue weighted by Gasteiger charge is 2.22. The molecule has 0 atom stereocenters. The Morgan fingerprint density at radius 1 is 0.923 bits per heavy atom. The lowest BCUT2D eigenvalue weighted by molar-refractivity contribution is 0.341. The Labute approximate surface area is 158 Å². The first kappa shape index (κ1) is 18.3. The fourth-order valence-electron chi connectivity index (χ4n) is 2.10. The molecular formula is C17H16N4O3S2. The number of phenols is 2. The Balaban J connectivity index is 2.08. The zero-order valence-electron chi connectivity index (χ0n) is 14.3. The molecule has 3 rings (SSSR count). The molecule has 3 aromatic rings. The van der Waals surface area contributed by atoms with E-state index in [1.54, 1.807) is 24.5 Å². The van der Waals surface area contributed by atoms with E-state index < -0.39 is 0 Å². The average molecular weight is 388 g/mol. The van der Waals surface area contributed by atoms with Gasteiger partial charge in [-0.25, -0.2) is 19.9 Å². The molecule has 1 aromatic carbocycles. The monoisotopic (exact) mass is 388 g/mol. The molecule has 9 heteroatoms. The normalized spacial score (nSPS) is 10.7. The van der Waals surface area contributed by atoms with Crippen LogP contribution in [0.25, 0.3) is 0 Å². The molecule has 0 aliphatic carbocycles. The minimum Gasteiger partial charge on any atom is -0.504 e. The Morgan fingerprint density at radius 3 is 2.04 bits per heavy atom. The predicted molar refractivity (Wildman–Crippen MR) is 98.1 cm³/mol. The van der Waals surface area contributed by atoms with Crippen LogP contribution in [0, 0.1) is 13.8 Å². The van der Waals surface area contributed by atoms with Crippen molar-refractivity contribution in [3.05, 3.63) is 42.0 Å². The molecule has 0 spiro atoms. The van der Waals surface area contributed by atoms with E-state index in [4.69, 9.17) is 4.74 Å². The van der Waals surface area contributed by atoms with E-state index in [1.165, 1.54) is 36.7 Å². The number of hydrogen-bond acceptors (Lipinski definition) is 9. The zero-order chi connectivity index (χ0) is 18.7. The maximum absolute atomic E-state index is 10.2. The van der Waals surface area contributed by atoms with Crippen molar-refractivity contribution >= 4 is 23.5 Å². The summed E-state index contributed by atoms with van der Waals surface area (Å²) in [6.45, 7) is 3.74. The second-order valence-corrected chi connectivity index (χ2v) is 7.26. The largest absolute Gasteiger partial charge is 0.504 e. The quantitative estimate of drug-likeness (QED) is 0.501. The van der Waals surface area contributed by atoms with Crippen molar-refractivity contribution < 1.29 is 14.9 Å². The van der Waals surface area contributed by atoms with Crippen molar-refractivity contribution in [1.82, 2.24) is 19.9 Å². The number of rotatable bonds is 5. The average Bonchev–Trinajstić information content (AvgIpc) is 2.60. The molecule has 0 radical (unpaired) electrons. The van der Waals surface area contributed by atoms with Gasteiger partial charge < -0.3 is 14.9 Å². The van der Waals surface area contributed by atoms with Gasteiger partial charge in [0, 0.05) is 28.7 Å². The fraction of sp³-hybridized carbons (Fsp3) is 0.176. The molecule has 134 valence electrons. The van der Waals surface area contributed by atoms with Gasteiger partial charge in [-0.05, 0) is 55.6 Å². The molecule has 0 saturated carbocycles. The van der Waals surface area contributed by atoms with Gasteiger partial charge in [0.25, 0.3) is 0 Å². The third kappa shape index (κ3) is 4.00. The molecule has 0 saturated heterocycles. The Bertz CT molecular complexity index is 953. The second-order valence-electron chi connectivity index (χ2n) is 5.27. The van der Waals surface area contributed by atoms with Crippen molar-refractivity contribution in [3.8, 4) is 17.2 Å². The van der Waals surface area contributed by atoms with E-state index in [0.29, 0.717) is 20.1 Å². The van der Waals surface area contributed by atoms with E-state index in [-0.39, 0.29) is 17.2 Å². The summed E-state index contributed by atoms with van der Waals surface area (Å²) in [6, 6.07) is 5.05. The van der Waals surface area contributed by atoms with Gasteiger partial charge in [-0.15, -0.1) is 0 Å². The van der Waals surface area contributed by atoms with Crippen LogP contribution >= 0.6 is 23.5 Å². The van der Waals surface area contributed by atoms with Crippen molar-refractivity contribution in [3.63, 3.8) is 0 Å². The number of phenolic OH excluding ortho intramolecular Hbond substituents is 2. The minimum absolute atomic E-state index is 0.148. The summed E-state index contributed by atoms with van der Waals surface area (Å²) in [5.41, 5.74) is 1.65. The highest BCUT2D eigenvalue weighted by molar-refractivity contribution is 8.02. The molecule has 0 bridgehead atoms. The van der Waals surface area contributed by atoms with Gasteiger partial charge in [0.1, 0.15) is 0 Å². The molecule has 2 aromatic heterocycles. The van der Waals surface area contributed by atoms with Crippen molar-refractivity contribution in [2.45, 2.75) is 34.0 Å². The molecule has 0 amide bonds. The first-order valence-electron chi connectivity index (χ1n) is 7.56. The lowest BCUT2D eigenvalue weighted by Crippen LogP contribution is -1.95. The molecule has 7 nitrogen and oxygen atoms in total. The summed E-state index contributed by atoms with van der Waals surface area (Å²) in [5, 5.41) is 21.2. The van der Waals surface area contributed by atoms with Gasteiger partial charge in [-0.2, -0.15) is 0 Å². The van der Waals surface area contributed by atoms with Gasteiger partial charge in [0.15, 0.2) is 21.8 Å². The summed E-state index contributed by atoms with van der Waals surface area (Å²) >= 11 is 2.49. The maximum atomic E-state index is 10.2. The molecule has 26 heavy (non-hydrogen) atoms. The number of hydrogen-bond donors (Lipinski definition) is 2. The van der Waals surface area contributed by atoms with Crippen LogP contribution in [0.15, 0.2) is 50.7 Å². The highest BCUT2D eigenvalue weighted by atomic mass is 32.2. The fourth-order valence-corrected chi connectivity index (χ4v) is 4.12. The number of aromatic hydroxyl groups is 2. The van der Waals surface area contributed by atoms with Crippen LogP contribution in [0.5, 0.6) is 17.2 Å². The summed E-state index contributed by atoms with van der Waals surface area (Å²) in [4.78, 5) is 18.4. The summed E-state index contributed by atoms with van der Waals surface area (Å²) in [7, 11) is 1.42. The van der Waals surface area contributed by atoms with E-state index in [2.05, 4.69) is 19.9 Å². The first-order chi connectivity index (χ1) is 12.5. The van der Waals surface area contributed by atoms with Crippen molar-refractivity contribution in [2.75, 3.05) is 7.11 Å². The van der Waals surface area contributed by atoms with Crippen LogP contribution in [0.3, 0.4) is 0 Å². The van der Waals surface area contributed by atoms with Gasteiger partial charge in [0.2, 0.25) is 5.75 Å². The smallest absolute Gasteiger partial charge is 0.201 e. The van der Waals surface area contributed by atoms with E-state index in [0.717, 1.165) is 11.4 Å². The van der Waals surface area contributed by atoms with Gasteiger partial charge in [0.05, 0.1) is 12.0 Å². The van der Waals surface area contributed by atoms with Crippen LogP contribution < -0.4 is 4.74 Å². The van der Waals surface area contributed by atoms with Gasteiger partial charge in [-0.1, -0.05) is 0 Å². The van der Waals surface area contributed by atoms with Gasteiger partial charge in [-0.3, -0.25) is 0 Å². The maximum Gasteiger partial charge on any atom is 0.201 e. The Hall–Kier alpha value is -2.52. The zero-order valence-corrected chi connectivity index (χ0v) is 15.9. The highest BCUT2D eigenvalue weighted by Crippen LogP contribution is 2.50. The summed E-state index contributed by atoms with van der Waals surface area (Å²) in [6.07, 6.45) is 3.33. The molecular weight excluding hydrogens is 372 g/mol. The summed E-state index contributed by atoms with van der Waals surface area (Å²) < 4.78 is 5.32. The molecule has 0 fully saturated rings. The number of methoxy groups -OCH3 is 1. The number of ether oxygens (including phenoxy) is 1. The van der Waals surface area contributed by atoms with Gasteiger partial charge >= 0.3 is 0 Å². The number of benzene rings is 1. The van der Waals surface area contributed by atoms with Crippen LogP contribution in [0.2, 0.25) is 0 Å². The predicted octanol–water partition coefficient (Wildman–Crippen LogP) is 3.61. The molecule has 0 aliphatic rings. The Kier molecular flexibility index (Phi) is 5.48. The summed E-state index contributed by atoms with van der Waals surface area (Å²) in [5.74, 6) is -0.473. The van der Waals surface area contributed by atoms with Crippen LogP contribution in [-0.4, -0.2) is 37.3 Å². The molecule has 2 heterocycles. The molecule has 2 N–H and O–H groups in total. The van der Waals surface area contributed by atoms with E-state index in [9.17, 15) is 10.2 Å². The minimum atomic E-state index is -0.336. The third-order valence-electron chi connectivity index (χ3n) is 3.30. The SMILES string of the molecule is COc1c(O)c(O)cc(Sc2nccc(C)n2)c1Sc1nccc(C)n1.